The van der Waals surface area contributed by atoms with Gasteiger partial charge in [-0.2, -0.15) is 0 Å². The van der Waals surface area contributed by atoms with Crippen LogP contribution in [0.15, 0.2) is 24.3 Å². The maximum Gasteiger partial charge on any atom is 0.223 e. The van der Waals surface area contributed by atoms with Crippen molar-refractivity contribution in [3.05, 3.63) is 30.1 Å². The van der Waals surface area contributed by atoms with E-state index in [1.807, 2.05) is 0 Å². The Morgan fingerprint density at radius 3 is 3.00 bits per heavy atom. The minimum absolute atomic E-state index is 0.170. The zero-order chi connectivity index (χ0) is 12.7. The summed E-state index contributed by atoms with van der Waals surface area (Å²) in [5.74, 6) is -0.184. The maximum atomic E-state index is 12.8. The van der Waals surface area contributed by atoms with Crippen LogP contribution in [0.1, 0.15) is 13.3 Å². The Hall–Kier alpha value is -1.62. The minimum Gasteiger partial charge on any atom is -0.493 e. The summed E-state index contributed by atoms with van der Waals surface area (Å²) in [4.78, 5) is 11.2. The molecule has 1 rings (SSSR count). The van der Waals surface area contributed by atoms with Gasteiger partial charge in [0.1, 0.15) is 11.6 Å². The second-order valence-electron chi connectivity index (χ2n) is 3.71. The van der Waals surface area contributed by atoms with Crippen LogP contribution >= 0.6 is 0 Å². The molecule has 0 saturated carbocycles. The Labute approximate surface area is 99.4 Å². The molecule has 1 amide bonds. The summed E-state index contributed by atoms with van der Waals surface area (Å²) in [6, 6.07) is 5.74. The predicted octanol–water partition coefficient (Wildman–Crippen LogP) is 1.09. The lowest BCUT2D eigenvalue weighted by Gasteiger charge is -2.08. The van der Waals surface area contributed by atoms with Crippen LogP contribution < -0.4 is 10.1 Å². The highest BCUT2D eigenvalue weighted by Gasteiger charge is 2.03. The number of amides is 1. The lowest BCUT2D eigenvalue weighted by molar-refractivity contribution is -0.122. The fourth-order valence-electron chi connectivity index (χ4n) is 1.17. The van der Waals surface area contributed by atoms with Crippen molar-refractivity contribution in [1.82, 2.24) is 5.32 Å². The van der Waals surface area contributed by atoms with Gasteiger partial charge < -0.3 is 15.2 Å². The van der Waals surface area contributed by atoms with Gasteiger partial charge in [-0.25, -0.2) is 4.39 Å². The molecule has 5 heteroatoms. The molecule has 0 aliphatic heterocycles. The molecule has 0 aromatic heterocycles. The van der Waals surface area contributed by atoms with Crippen LogP contribution in [0.5, 0.6) is 5.75 Å². The van der Waals surface area contributed by atoms with E-state index in [1.54, 1.807) is 13.0 Å². The van der Waals surface area contributed by atoms with Gasteiger partial charge in [0.15, 0.2) is 0 Å². The van der Waals surface area contributed by atoms with E-state index in [9.17, 15) is 9.18 Å². The topological polar surface area (TPSA) is 58.6 Å². The van der Waals surface area contributed by atoms with E-state index >= 15 is 0 Å². The number of hydrogen-bond acceptors (Lipinski definition) is 3. The Balaban J connectivity index is 2.21. The van der Waals surface area contributed by atoms with Crippen molar-refractivity contribution in [3.8, 4) is 5.75 Å². The monoisotopic (exact) mass is 241 g/mol. The van der Waals surface area contributed by atoms with Gasteiger partial charge in [0.05, 0.1) is 19.1 Å². The third kappa shape index (κ3) is 5.87. The van der Waals surface area contributed by atoms with Crippen molar-refractivity contribution in [3.63, 3.8) is 0 Å². The molecule has 4 nitrogen and oxygen atoms in total. The lowest BCUT2D eigenvalue weighted by atomic mass is 10.3. The molecule has 0 spiro atoms. The van der Waals surface area contributed by atoms with Gasteiger partial charge in [-0.3, -0.25) is 4.79 Å². The number of halogens is 1. The van der Waals surface area contributed by atoms with Crippen LogP contribution in [-0.4, -0.2) is 30.3 Å². The second-order valence-corrected chi connectivity index (χ2v) is 3.71. The van der Waals surface area contributed by atoms with Gasteiger partial charge in [-0.15, -0.1) is 0 Å². The number of benzene rings is 1. The molecule has 0 heterocycles. The number of ether oxygens (including phenoxy) is 1. The lowest BCUT2D eigenvalue weighted by Crippen LogP contribution is -2.31. The largest absolute Gasteiger partial charge is 0.493 e. The van der Waals surface area contributed by atoms with Gasteiger partial charge in [-0.05, 0) is 19.1 Å². The van der Waals surface area contributed by atoms with E-state index in [2.05, 4.69) is 5.32 Å². The summed E-state index contributed by atoms with van der Waals surface area (Å²) in [5.41, 5.74) is 0. The third-order valence-corrected chi connectivity index (χ3v) is 1.99. The Bertz CT molecular complexity index is 369. The fourth-order valence-corrected chi connectivity index (χ4v) is 1.17. The van der Waals surface area contributed by atoms with Crippen molar-refractivity contribution in [2.45, 2.75) is 19.4 Å². The van der Waals surface area contributed by atoms with Crippen LogP contribution in [0.3, 0.4) is 0 Å². The standard InChI is InChI=1S/C12H16FNO3/c1-9(15)8-14-12(16)5-6-17-11-4-2-3-10(13)7-11/h2-4,7,9,15H,5-6,8H2,1H3,(H,14,16)/t9-/m0/s1. The van der Waals surface area contributed by atoms with E-state index in [0.29, 0.717) is 5.75 Å². The number of nitrogens with one attached hydrogen (secondary N) is 1. The van der Waals surface area contributed by atoms with Crippen molar-refractivity contribution < 1.29 is 19.0 Å². The van der Waals surface area contributed by atoms with Gasteiger partial charge in [0, 0.05) is 12.6 Å². The first-order valence-electron chi connectivity index (χ1n) is 5.41. The van der Waals surface area contributed by atoms with Crippen LogP contribution in [0.2, 0.25) is 0 Å². The summed E-state index contributed by atoms with van der Waals surface area (Å²) >= 11 is 0. The van der Waals surface area contributed by atoms with Crippen molar-refractivity contribution >= 4 is 5.91 Å². The molecular weight excluding hydrogens is 225 g/mol. The summed E-state index contributed by atoms with van der Waals surface area (Å²) < 4.78 is 18.0. The molecule has 0 fully saturated rings. The van der Waals surface area contributed by atoms with Gasteiger partial charge in [0.2, 0.25) is 5.91 Å². The van der Waals surface area contributed by atoms with Crippen LogP contribution in [0.25, 0.3) is 0 Å². The normalized spacial score (nSPS) is 11.9. The number of rotatable bonds is 6. The highest BCUT2D eigenvalue weighted by molar-refractivity contribution is 5.75. The average Bonchev–Trinajstić information content (AvgIpc) is 2.26. The predicted molar refractivity (Wildman–Crippen MR) is 61.2 cm³/mol. The number of carbonyl (C=O) groups excluding carboxylic acids is 1. The Morgan fingerprint density at radius 2 is 2.35 bits per heavy atom. The van der Waals surface area contributed by atoms with Gasteiger partial charge in [-0.1, -0.05) is 6.07 Å². The molecule has 0 aliphatic rings. The number of hydrogen-bond donors (Lipinski definition) is 2. The fraction of sp³-hybridized carbons (Fsp3) is 0.417. The number of aliphatic hydroxyl groups is 1. The maximum absolute atomic E-state index is 12.8. The molecule has 1 aromatic carbocycles. The number of carbonyl (C=O) groups is 1. The van der Waals surface area contributed by atoms with Crippen LogP contribution in [0, 0.1) is 5.82 Å². The molecule has 0 bridgehead atoms. The van der Waals surface area contributed by atoms with E-state index < -0.39 is 6.10 Å². The molecule has 1 aromatic rings. The molecule has 0 unspecified atom stereocenters. The molecule has 0 saturated heterocycles. The smallest absolute Gasteiger partial charge is 0.223 e. The molecule has 94 valence electrons. The van der Waals surface area contributed by atoms with E-state index in [0.717, 1.165) is 0 Å². The first-order valence-corrected chi connectivity index (χ1v) is 5.41. The highest BCUT2D eigenvalue weighted by atomic mass is 19.1. The summed E-state index contributed by atoms with van der Waals surface area (Å²) in [6.45, 7) is 1.98. The molecule has 1 atom stereocenters. The number of aliphatic hydroxyl groups excluding tert-OH is 1. The van der Waals surface area contributed by atoms with Gasteiger partial charge in [0.25, 0.3) is 0 Å². The summed E-state index contributed by atoms with van der Waals surface area (Å²) in [6.07, 6.45) is -0.397. The minimum atomic E-state index is -0.567. The Kier molecular flexibility index (Phi) is 5.42. The first kappa shape index (κ1) is 13.4. The van der Waals surface area contributed by atoms with Crippen LogP contribution in [-0.2, 0) is 4.79 Å². The SMILES string of the molecule is C[C@H](O)CNC(=O)CCOc1cccc(F)c1. The average molecular weight is 241 g/mol. The molecule has 2 N–H and O–H groups in total. The van der Waals surface area contributed by atoms with Gasteiger partial charge >= 0.3 is 0 Å². The van der Waals surface area contributed by atoms with Crippen molar-refractivity contribution in [2.24, 2.45) is 0 Å². The Morgan fingerprint density at radius 1 is 1.59 bits per heavy atom. The summed E-state index contributed by atoms with van der Waals surface area (Å²) in [5, 5.41) is 11.5. The highest BCUT2D eigenvalue weighted by Crippen LogP contribution is 2.11. The van der Waals surface area contributed by atoms with E-state index in [4.69, 9.17) is 9.84 Å². The zero-order valence-corrected chi connectivity index (χ0v) is 9.65. The molecule has 0 radical (unpaired) electrons. The van der Waals surface area contributed by atoms with Crippen LogP contribution in [0.4, 0.5) is 4.39 Å². The zero-order valence-electron chi connectivity index (χ0n) is 9.65. The quantitative estimate of drug-likeness (QED) is 0.784. The summed E-state index contributed by atoms with van der Waals surface area (Å²) in [7, 11) is 0. The third-order valence-electron chi connectivity index (χ3n) is 1.99. The van der Waals surface area contributed by atoms with E-state index in [-0.39, 0.29) is 31.3 Å². The van der Waals surface area contributed by atoms with Crippen molar-refractivity contribution in [2.75, 3.05) is 13.2 Å². The molecular formula is C12H16FNO3. The molecule has 0 aliphatic carbocycles. The first-order chi connectivity index (χ1) is 8.08. The van der Waals surface area contributed by atoms with Crippen molar-refractivity contribution in [1.29, 1.82) is 0 Å². The van der Waals surface area contributed by atoms with E-state index in [1.165, 1.54) is 18.2 Å². The second kappa shape index (κ2) is 6.85. The molecule has 17 heavy (non-hydrogen) atoms.